The molecule has 2 aromatic rings. The molecule has 1 heterocycles. The van der Waals surface area contributed by atoms with Gasteiger partial charge in [-0.05, 0) is 30.4 Å². The molecule has 7 heteroatoms. The van der Waals surface area contributed by atoms with E-state index in [1.54, 1.807) is 30.5 Å². The number of hydrogen-bond donors (Lipinski definition) is 1. The number of nitrogens with one attached hydrogen (secondary N) is 1. The van der Waals surface area contributed by atoms with Crippen LogP contribution in [0, 0.1) is 0 Å². The van der Waals surface area contributed by atoms with E-state index in [1.807, 2.05) is 30.3 Å². The number of sulfonamides is 1. The quantitative estimate of drug-likeness (QED) is 0.604. The monoisotopic (exact) mass is 365 g/mol. The summed E-state index contributed by atoms with van der Waals surface area (Å²) in [5, 5.41) is 1.72. The molecule has 1 atom stereocenters. The van der Waals surface area contributed by atoms with Crippen molar-refractivity contribution >= 4 is 27.3 Å². The van der Waals surface area contributed by atoms with E-state index in [0.717, 1.165) is 16.9 Å². The van der Waals surface area contributed by atoms with Crippen molar-refractivity contribution in [1.82, 2.24) is 4.72 Å². The van der Waals surface area contributed by atoms with Gasteiger partial charge in [-0.1, -0.05) is 42.5 Å². The number of carbonyl (C=O) groups is 1. The highest BCUT2D eigenvalue weighted by molar-refractivity contribution is 7.91. The van der Waals surface area contributed by atoms with Crippen LogP contribution in [0.5, 0.6) is 0 Å². The Hall–Kier alpha value is -1.96. The van der Waals surface area contributed by atoms with Crippen LogP contribution in [-0.4, -0.2) is 21.5 Å². The highest BCUT2D eigenvalue weighted by atomic mass is 32.2. The van der Waals surface area contributed by atoms with E-state index in [1.165, 1.54) is 7.11 Å². The van der Waals surface area contributed by atoms with Crippen molar-refractivity contribution in [2.75, 3.05) is 7.11 Å². The number of carbonyl (C=O) groups excluding carboxylic acids is 1. The van der Waals surface area contributed by atoms with Crippen LogP contribution >= 0.6 is 11.3 Å². The molecule has 1 N–H and O–H groups in total. The van der Waals surface area contributed by atoms with Gasteiger partial charge in [0.2, 0.25) is 0 Å². The summed E-state index contributed by atoms with van der Waals surface area (Å²) in [5.74, 6) is -0.428. The van der Waals surface area contributed by atoms with Crippen molar-refractivity contribution in [3.05, 3.63) is 65.1 Å². The summed E-state index contributed by atoms with van der Waals surface area (Å²) in [5.41, 5.74) is 1.26. The molecule has 0 aliphatic heterocycles. The van der Waals surface area contributed by atoms with Gasteiger partial charge in [0.25, 0.3) is 10.0 Å². The first-order valence-corrected chi connectivity index (χ1v) is 9.66. The van der Waals surface area contributed by atoms with Crippen LogP contribution in [0.4, 0.5) is 0 Å². The van der Waals surface area contributed by atoms with Gasteiger partial charge in [-0.3, -0.25) is 0 Å². The molecule has 0 saturated heterocycles. The zero-order chi connectivity index (χ0) is 17.6. The lowest BCUT2D eigenvalue weighted by Crippen LogP contribution is -2.28. The average molecular weight is 365 g/mol. The fraction of sp³-hybridized carbons (Fsp3) is 0.235. The number of rotatable bonds is 7. The highest BCUT2D eigenvalue weighted by Crippen LogP contribution is 2.23. The zero-order valence-electron chi connectivity index (χ0n) is 13.4. The maximum atomic E-state index is 12.5. The maximum Gasteiger partial charge on any atom is 0.333 e. The molecule has 0 saturated carbocycles. The van der Waals surface area contributed by atoms with Crippen LogP contribution in [0.2, 0.25) is 0 Å². The van der Waals surface area contributed by atoms with E-state index in [2.05, 4.69) is 9.46 Å². The van der Waals surface area contributed by atoms with Gasteiger partial charge in [-0.2, -0.15) is 0 Å². The van der Waals surface area contributed by atoms with Gasteiger partial charge in [0.1, 0.15) is 4.21 Å². The van der Waals surface area contributed by atoms with Crippen molar-refractivity contribution < 1.29 is 17.9 Å². The van der Waals surface area contributed by atoms with Crippen LogP contribution in [0.25, 0.3) is 0 Å². The fourth-order valence-corrected chi connectivity index (χ4v) is 4.39. The molecule has 0 spiro atoms. The predicted molar refractivity (Wildman–Crippen MR) is 94.2 cm³/mol. The molecule has 0 fully saturated rings. The summed E-state index contributed by atoms with van der Waals surface area (Å²) in [7, 11) is -2.30. The number of benzene rings is 1. The van der Waals surface area contributed by atoms with Crippen LogP contribution in [0.15, 0.2) is 63.7 Å². The molecule has 2 rings (SSSR count). The molecule has 1 aromatic heterocycles. The first-order valence-electron chi connectivity index (χ1n) is 7.30. The number of thiophene rings is 1. The summed E-state index contributed by atoms with van der Waals surface area (Å²) in [4.78, 5) is 11.5. The standard InChI is InChI=1S/C17H19NO4S2/c1-13(17(19)22-2)10-11-15(14-7-4-3-5-8-14)18-24(20,21)16-9-6-12-23-16/h3-10,12,15,18H,11H2,1-2H3/b13-10+/t15-/m1/s1. The maximum absolute atomic E-state index is 12.5. The van der Waals surface area contributed by atoms with E-state index in [-0.39, 0.29) is 4.21 Å². The number of methoxy groups -OCH3 is 1. The van der Waals surface area contributed by atoms with Gasteiger partial charge in [0.15, 0.2) is 0 Å². The zero-order valence-corrected chi connectivity index (χ0v) is 15.1. The van der Waals surface area contributed by atoms with Crippen LogP contribution in [-0.2, 0) is 19.6 Å². The lowest BCUT2D eigenvalue weighted by Gasteiger charge is -2.17. The molecule has 0 unspecified atom stereocenters. The first-order chi connectivity index (χ1) is 11.4. The van der Waals surface area contributed by atoms with Crippen LogP contribution in [0.3, 0.4) is 0 Å². The van der Waals surface area contributed by atoms with Crippen molar-refractivity contribution in [2.24, 2.45) is 0 Å². The summed E-state index contributed by atoms with van der Waals surface area (Å²) < 4.78 is 32.6. The number of esters is 1. The molecule has 128 valence electrons. The largest absolute Gasteiger partial charge is 0.466 e. The van der Waals surface area contributed by atoms with E-state index in [9.17, 15) is 13.2 Å². The second-order valence-corrected chi connectivity index (χ2v) is 8.02. The molecule has 5 nitrogen and oxygen atoms in total. The Morgan fingerprint density at radius 2 is 1.96 bits per heavy atom. The van der Waals surface area contributed by atoms with Gasteiger partial charge in [-0.15, -0.1) is 11.3 Å². The van der Waals surface area contributed by atoms with Crippen molar-refractivity contribution in [3.63, 3.8) is 0 Å². The average Bonchev–Trinajstić information content (AvgIpc) is 3.13. The molecule has 1 aromatic carbocycles. The predicted octanol–water partition coefficient (Wildman–Crippen LogP) is 3.28. The second kappa shape index (κ2) is 8.23. The second-order valence-electron chi connectivity index (χ2n) is 5.13. The Morgan fingerprint density at radius 3 is 2.54 bits per heavy atom. The molecule has 0 radical (unpaired) electrons. The Morgan fingerprint density at radius 1 is 1.25 bits per heavy atom. The third-order valence-corrected chi connectivity index (χ3v) is 6.30. The van der Waals surface area contributed by atoms with E-state index in [4.69, 9.17) is 0 Å². The summed E-state index contributed by atoms with van der Waals surface area (Å²) >= 11 is 1.16. The first kappa shape index (κ1) is 18.4. The minimum absolute atomic E-state index is 0.261. The lowest BCUT2D eigenvalue weighted by atomic mass is 10.0. The minimum atomic E-state index is -3.61. The van der Waals surface area contributed by atoms with Gasteiger partial charge in [-0.25, -0.2) is 17.9 Å². The molecule has 24 heavy (non-hydrogen) atoms. The Balaban J connectivity index is 2.26. The van der Waals surface area contributed by atoms with Crippen molar-refractivity contribution in [3.8, 4) is 0 Å². The Labute approximate surface area is 146 Å². The summed E-state index contributed by atoms with van der Waals surface area (Å²) in [6, 6.07) is 12.0. The smallest absolute Gasteiger partial charge is 0.333 e. The summed E-state index contributed by atoms with van der Waals surface area (Å²) in [6.07, 6.45) is 2.02. The lowest BCUT2D eigenvalue weighted by molar-refractivity contribution is -0.136. The van der Waals surface area contributed by atoms with Crippen molar-refractivity contribution in [1.29, 1.82) is 0 Å². The van der Waals surface area contributed by atoms with Gasteiger partial charge in [0, 0.05) is 5.57 Å². The third-order valence-electron chi connectivity index (χ3n) is 3.43. The third kappa shape index (κ3) is 4.77. The molecule has 0 bridgehead atoms. The molecule has 0 aliphatic carbocycles. The van der Waals surface area contributed by atoms with Crippen LogP contribution in [0.1, 0.15) is 24.9 Å². The highest BCUT2D eigenvalue weighted by Gasteiger charge is 2.21. The molecule has 0 amide bonds. The van der Waals surface area contributed by atoms with E-state index in [0.29, 0.717) is 12.0 Å². The topological polar surface area (TPSA) is 72.5 Å². The van der Waals surface area contributed by atoms with Gasteiger partial charge < -0.3 is 4.74 Å². The summed E-state index contributed by atoms with van der Waals surface area (Å²) in [6.45, 7) is 1.64. The molecular weight excluding hydrogens is 346 g/mol. The minimum Gasteiger partial charge on any atom is -0.466 e. The Kier molecular flexibility index (Phi) is 6.30. The number of hydrogen-bond acceptors (Lipinski definition) is 5. The van der Waals surface area contributed by atoms with Crippen molar-refractivity contribution in [2.45, 2.75) is 23.6 Å². The molecular formula is C17H19NO4S2. The van der Waals surface area contributed by atoms with E-state index < -0.39 is 22.0 Å². The van der Waals surface area contributed by atoms with E-state index >= 15 is 0 Å². The number of ether oxygens (including phenoxy) is 1. The van der Waals surface area contributed by atoms with Gasteiger partial charge >= 0.3 is 5.97 Å². The Bertz CT molecular complexity index is 796. The van der Waals surface area contributed by atoms with Gasteiger partial charge in [0.05, 0.1) is 13.2 Å². The van der Waals surface area contributed by atoms with Crippen LogP contribution < -0.4 is 4.72 Å². The molecule has 0 aliphatic rings. The SMILES string of the molecule is COC(=O)/C(C)=C/C[C@@H](NS(=O)(=O)c1cccs1)c1ccccc1. The fourth-order valence-electron chi connectivity index (χ4n) is 2.14. The normalized spacial score (nSPS) is 13.5.